The van der Waals surface area contributed by atoms with Gasteiger partial charge in [-0.2, -0.15) is 0 Å². The molecule has 108 valence electrons. The number of nitrogens with one attached hydrogen (secondary N) is 2. The number of carbonyl (C=O) groups is 1. The van der Waals surface area contributed by atoms with E-state index in [1.807, 2.05) is 12.1 Å². The number of hydrogen-bond acceptors (Lipinski definition) is 2. The quantitative estimate of drug-likeness (QED) is 0.869. The van der Waals surface area contributed by atoms with Crippen LogP contribution in [-0.4, -0.2) is 18.5 Å². The van der Waals surface area contributed by atoms with E-state index in [-0.39, 0.29) is 11.8 Å². The molecule has 1 aromatic carbocycles. The van der Waals surface area contributed by atoms with E-state index >= 15 is 0 Å². The van der Waals surface area contributed by atoms with E-state index in [0.717, 1.165) is 25.3 Å². The van der Waals surface area contributed by atoms with Gasteiger partial charge >= 0.3 is 0 Å². The van der Waals surface area contributed by atoms with Crippen LogP contribution in [0.15, 0.2) is 24.3 Å². The molecule has 1 amide bonds. The minimum atomic E-state index is 0.0630. The highest BCUT2D eigenvalue weighted by Crippen LogP contribution is 2.31. The molecule has 1 aliphatic heterocycles. The monoisotopic (exact) mass is 272 g/mol. The summed E-state index contributed by atoms with van der Waals surface area (Å²) in [5, 5.41) is 6.66. The van der Waals surface area contributed by atoms with Gasteiger partial charge in [0.2, 0.25) is 5.91 Å². The van der Waals surface area contributed by atoms with Crippen molar-refractivity contribution < 1.29 is 4.79 Å². The Morgan fingerprint density at radius 3 is 2.80 bits per heavy atom. The SMILES string of the molecule is CC1CCC(NC(=O)C2CNc3ccccc3C2)C1C. The molecule has 0 spiro atoms. The van der Waals surface area contributed by atoms with Gasteiger partial charge in [-0.25, -0.2) is 0 Å². The Hall–Kier alpha value is -1.51. The van der Waals surface area contributed by atoms with E-state index in [2.05, 4.69) is 36.6 Å². The Labute approximate surface area is 121 Å². The molecule has 2 aliphatic rings. The first-order valence-electron chi connectivity index (χ1n) is 7.77. The summed E-state index contributed by atoms with van der Waals surface area (Å²) in [5.41, 5.74) is 2.44. The highest BCUT2D eigenvalue weighted by molar-refractivity contribution is 5.81. The maximum absolute atomic E-state index is 12.5. The second kappa shape index (κ2) is 5.47. The second-order valence-corrected chi connectivity index (χ2v) is 6.47. The Kier molecular flexibility index (Phi) is 3.68. The van der Waals surface area contributed by atoms with Crippen molar-refractivity contribution in [1.82, 2.24) is 5.32 Å². The highest BCUT2D eigenvalue weighted by Gasteiger charge is 2.33. The van der Waals surface area contributed by atoms with Gasteiger partial charge in [0, 0.05) is 18.3 Å². The summed E-state index contributed by atoms with van der Waals surface area (Å²) in [4.78, 5) is 12.5. The fourth-order valence-corrected chi connectivity index (χ4v) is 3.50. The first kappa shape index (κ1) is 13.5. The number of para-hydroxylation sites is 1. The van der Waals surface area contributed by atoms with Gasteiger partial charge in [-0.3, -0.25) is 4.79 Å². The molecule has 1 aromatic rings. The molecule has 1 fully saturated rings. The first-order chi connectivity index (χ1) is 9.65. The molecule has 0 aromatic heterocycles. The molecule has 2 N–H and O–H groups in total. The molecule has 1 heterocycles. The van der Waals surface area contributed by atoms with Gasteiger partial charge < -0.3 is 10.6 Å². The molecule has 0 radical (unpaired) electrons. The van der Waals surface area contributed by atoms with Gasteiger partial charge in [-0.05, 0) is 42.7 Å². The van der Waals surface area contributed by atoms with Crippen LogP contribution in [0.2, 0.25) is 0 Å². The number of rotatable bonds is 2. The number of hydrogen-bond donors (Lipinski definition) is 2. The van der Waals surface area contributed by atoms with E-state index in [0.29, 0.717) is 12.0 Å². The third kappa shape index (κ3) is 2.54. The van der Waals surface area contributed by atoms with E-state index in [1.165, 1.54) is 17.7 Å². The Balaban J connectivity index is 1.62. The number of anilines is 1. The molecule has 3 nitrogen and oxygen atoms in total. The van der Waals surface area contributed by atoms with Gasteiger partial charge in [0.05, 0.1) is 5.92 Å². The van der Waals surface area contributed by atoms with Crippen LogP contribution in [0.4, 0.5) is 5.69 Å². The number of fused-ring (bicyclic) bond motifs is 1. The van der Waals surface area contributed by atoms with Gasteiger partial charge in [0.15, 0.2) is 0 Å². The van der Waals surface area contributed by atoms with Crippen LogP contribution in [0.5, 0.6) is 0 Å². The van der Waals surface area contributed by atoms with E-state index in [4.69, 9.17) is 0 Å². The van der Waals surface area contributed by atoms with Crippen LogP contribution < -0.4 is 10.6 Å². The summed E-state index contributed by atoms with van der Waals surface area (Å²) < 4.78 is 0. The fraction of sp³-hybridized carbons (Fsp3) is 0.588. The van der Waals surface area contributed by atoms with Crippen molar-refractivity contribution in [3.8, 4) is 0 Å². The molecule has 0 bridgehead atoms. The van der Waals surface area contributed by atoms with Crippen LogP contribution in [0, 0.1) is 17.8 Å². The summed E-state index contributed by atoms with van der Waals surface area (Å²) in [5.74, 6) is 1.61. The molecule has 4 atom stereocenters. The molecular formula is C17H24N2O. The third-order valence-corrected chi connectivity index (χ3v) is 5.19. The van der Waals surface area contributed by atoms with Crippen molar-refractivity contribution in [2.75, 3.05) is 11.9 Å². The molecule has 20 heavy (non-hydrogen) atoms. The minimum absolute atomic E-state index is 0.0630. The highest BCUT2D eigenvalue weighted by atomic mass is 16.2. The predicted octanol–water partition coefficient (Wildman–Crippen LogP) is 2.82. The van der Waals surface area contributed by atoms with Crippen molar-refractivity contribution in [2.24, 2.45) is 17.8 Å². The number of benzene rings is 1. The molecule has 3 heteroatoms. The number of amides is 1. The van der Waals surface area contributed by atoms with Gasteiger partial charge in [-0.1, -0.05) is 32.0 Å². The van der Waals surface area contributed by atoms with Gasteiger partial charge in [-0.15, -0.1) is 0 Å². The van der Waals surface area contributed by atoms with Crippen molar-refractivity contribution in [2.45, 2.75) is 39.2 Å². The van der Waals surface area contributed by atoms with E-state index < -0.39 is 0 Å². The summed E-state index contributed by atoms with van der Waals surface area (Å²) in [6.07, 6.45) is 3.22. The van der Waals surface area contributed by atoms with Crippen LogP contribution >= 0.6 is 0 Å². The maximum atomic E-state index is 12.5. The standard InChI is InChI=1S/C17H24N2O/c1-11-7-8-15(12(11)2)19-17(20)14-9-13-5-3-4-6-16(13)18-10-14/h3-6,11-12,14-15,18H,7-10H2,1-2H3,(H,19,20). The van der Waals surface area contributed by atoms with Crippen LogP contribution in [0.1, 0.15) is 32.3 Å². The topological polar surface area (TPSA) is 41.1 Å². The van der Waals surface area contributed by atoms with Gasteiger partial charge in [0.1, 0.15) is 0 Å². The summed E-state index contributed by atoms with van der Waals surface area (Å²) in [6, 6.07) is 8.65. The molecular weight excluding hydrogens is 248 g/mol. The average molecular weight is 272 g/mol. The lowest BCUT2D eigenvalue weighted by atomic mass is 9.92. The van der Waals surface area contributed by atoms with Crippen LogP contribution in [-0.2, 0) is 11.2 Å². The average Bonchev–Trinajstić information content (AvgIpc) is 2.78. The van der Waals surface area contributed by atoms with Crippen LogP contribution in [0.25, 0.3) is 0 Å². The normalized spacial score (nSPS) is 32.3. The first-order valence-corrected chi connectivity index (χ1v) is 7.77. The third-order valence-electron chi connectivity index (χ3n) is 5.19. The van der Waals surface area contributed by atoms with Crippen LogP contribution in [0.3, 0.4) is 0 Å². The Morgan fingerprint density at radius 2 is 2.05 bits per heavy atom. The van der Waals surface area contributed by atoms with E-state index in [9.17, 15) is 4.79 Å². The minimum Gasteiger partial charge on any atom is -0.384 e. The molecule has 3 rings (SSSR count). The largest absolute Gasteiger partial charge is 0.384 e. The zero-order chi connectivity index (χ0) is 14.1. The Morgan fingerprint density at radius 1 is 1.25 bits per heavy atom. The van der Waals surface area contributed by atoms with Crippen molar-refractivity contribution in [3.63, 3.8) is 0 Å². The molecule has 0 saturated heterocycles. The zero-order valence-corrected chi connectivity index (χ0v) is 12.4. The lowest BCUT2D eigenvalue weighted by molar-refractivity contribution is -0.125. The smallest absolute Gasteiger partial charge is 0.225 e. The van der Waals surface area contributed by atoms with Crippen molar-refractivity contribution >= 4 is 11.6 Å². The maximum Gasteiger partial charge on any atom is 0.225 e. The molecule has 1 saturated carbocycles. The van der Waals surface area contributed by atoms with Crippen molar-refractivity contribution in [3.05, 3.63) is 29.8 Å². The lowest BCUT2D eigenvalue weighted by Crippen LogP contribution is -2.44. The van der Waals surface area contributed by atoms with Gasteiger partial charge in [0.25, 0.3) is 0 Å². The summed E-state index contributed by atoms with van der Waals surface area (Å²) in [7, 11) is 0. The number of carbonyl (C=O) groups excluding carboxylic acids is 1. The fourth-order valence-electron chi connectivity index (χ4n) is 3.50. The molecule has 1 aliphatic carbocycles. The van der Waals surface area contributed by atoms with E-state index in [1.54, 1.807) is 0 Å². The Bertz CT molecular complexity index is 500. The second-order valence-electron chi connectivity index (χ2n) is 6.47. The summed E-state index contributed by atoms with van der Waals surface area (Å²) >= 11 is 0. The lowest BCUT2D eigenvalue weighted by Gasteiger charge is -2.28. The zero-order valence-electron chi connectivity index (χ0n) is 12.4. The predicted molar refractivity (Wildman–Crippen MR) is 81.6 cm³/mol. The summed E-state index contributed by atoms with van der Waals surface area (Å²) in [6.45, 7) is 5.30. The molecule has 4 unspecified atom stereocenters. The van der Waals surface area contributed by atoms with Crippen molar-refractivity contribution in [1.29, 1.82) is 0 Å².